The highest BCUT2D eigenvalue weighted by molar-refractivity contribution is 5.82. The van der Waals surface area contributed by atoms with Crippen LogP contribution in [0.5, 0.6) is 0 Å². The lowest BCUT2D eigenvalue weighted by atomic mass is 9.64. The van der Waals surface area contributed by atoms with Gasteiger partial charge in [0, 0.05) is 12.5 Å². The van der Waals surface area contributed by atoms with Crippen molar-refractivity contribution in [2.45, 2.75) is 20.3 Å². The number of hydrogen-bond acceptors (Lipinski definition) is 2. The first-order valence-electron chi connectivity index (χ1n) is 7.05. The molecule has 0 heterocycles. The highest BCUT2D eigenvalue weighted by Gasteiger charge is 2.40. The lowest BCUT2D eigenvalue weighted by molar-refractivity contribution is -0.105. The second-order valence-corrected chi connectivity index (χ2v) is 5.73. The molecule has 1 aromatic rings. The summed E-state index contributed by atoms with van der Waals surface area (Å²) in [5, 5.41) is 0. The van der Waals surface area contributed by atoms with Gasteiger partial charge < -0.3 is 4.74 Å². The molecule has 1 aliphatic carbocycles. The van der Waals surface area contributed by atoms with Crippen LogP contribution in [0.1, 0.15) is 25.8 Å². The molecule has 0 saturated heterocycles. The van der Waals surface area contributed by atoms with Crippen molar-refractivity contribution in [2.75, 3.05) is 13.7 Å². The molecule has 0 spiro atoms. The minimum atomic E-state index is -0.138. The molecule has 1 aromatic carbocycles. The van der Waals surface area contributed by atoms with Gasteiger partial charge in [-0.1, -0.05) is 56.3 Å². The van der Waals surface area contributed by atoms with E-state index < -0.39 is 0 Å². The van der Waals surface area contributed by atoms with Crippen molar-refractivity contribution >= 4 is 11.9 Å². The Morgan fingerprint density at radius 1 is 1.25 bits per heavy atom. The summed E-state index contributed by atoms with van der Waals surface area (Å²) in [6, 6.07) is 10.4. The van der Waals surface area contributed by atoms with Crippen LogP contribution in [0, 0.1) is 11.3 Å². The van der Waals surface area contributed by atoms with E-state index in [4.69, 9.17) is 4.74 Å². The van der Waals surface area contributed by atoms with Crippen LogP contribution in [-0.2, 0) is 9.53 Å². The van der Waals surface area contributed by atoms with Crippen molar-refractivity contribution in [1.82, 2.24) is 0 Å². The summed E-state index contributed by atoms with van der Waals surface area (Å²) in [6.07, 6.45) is 5.72. The summed E-state index contributed by atoms with van der Waals surface area (Å²) >= 11 is 0. The molecule has 1 unspecified atom stereocenters. The average Bonchev–Trinajstić information content (AvgIpc) is 2.48. The molecule has 1 aliphatic rings. The smallest absolute Gasteiger partial charge is 0.146 e. The number of methoxy groups -OCH3 is 1. The third kappa shape index (κ3) is 2.61. The number of allylic oxidation sites excluding steroid dienone is 3. The maximum Gasteiger partial charge on any atom is 0.146 e. The Morgan fingerprint density at radius 3 is 2.50 bits per heavy atom. The Labute approximate surface area is 121 Å². The van der Waals surface area contributed by atoms with Gasteiger partial charge in [0.15, 0.2) is 0 Å². The van der Waals surface area contributed by atoms with E-state index in [0.29, 0.717) is 12.5 Å². The predicted molar refractivity (Wildman–Crippen MR) is 82.3 cm³/mol. The second kappa shape index (κ2) is 6.19. The van der Waals surface area contributed by atoms with E-state index in [0.717, 1.165) is 18.3 Å². The number of ether oxygens (including phenoxy) is 1. The molecule has 0 aromatic heterocycles. The molecule has 0 fully saturated rings. The van der Waals surface area contributed by atoms with Crippen molar-refractivity contribution in [3.05, 3.63) is 53.6 Å². The summed E-state index contributed by atoms with van der Waals surface area (Å²) in [5.41, 5.74) is 3.18. The Hall–Kier alpha value is -1.67. The summed E-state index contributed by atoms with van der Waals surface area (Å²) < 4.78 is 5.51. The molecule has 0 bridgehead atoms. The van der Waals surface area contributed by atoms with Gasteiger partial charge in [0.2, 0.25) is 0 Å². The van der Waals surface area contributed by atoms with Crippen LogP contribution in [0.2, 0.25) is 0 Å². The van der Waals surface area contributed by atoms with E-state index >= 15 is 0 Å². The van der Waals surface area contributed by atoms with E-state index in [2.05, 4.69) is 32.1 Å². The lowest BCUT2D eigenvalue weighted by Crippen LogP contribution is -2.36. The zero-order valence-electron chi connectivity index (χ0n) is 12.4. The molecular formula is C18H22O2. The first-order valence-corrected chi connectivity index (χ1v) is 7.05. The van der Waals surface area contributed by atoms with E-state index in [9.17, 15) is 4.79 Å². The Kier molecular flexibility index (Phi) is 4.56. The van der Waals surface area contributed by atoms with E-state index in [-0.39, 0.29) is 5.41 Å². The van der Waals surface area contributed by atoms with Crippen LogP contribution in [0.25, 0.3) is 5.57 Å². The SMILES string of the molecule is COCC1(C(C)C)CC(C=O)=CC=C1c1ccccc1. The summed E-state index contributed by atoms with van der Waals surface area (Å²) in [6.45, 7) is 5.02. The molecule has 0 amide bonds. The average molecular weight is 270 g/mol. The van der Waals surface area contributed by atoms with Gasteiger partial charge in [-0.15, -0.1) is 0 Å². The summed E-state index contributed by atoms with van der Waals surface area (Å²) in [7, 11) is 1.73. The molecule has 0 radical (unpaired) electrons. The normalized spacial score (nSPS) is 22.4. The van der Waals surface area contributed by atoms with Crippen LogP contribution in [0.4, 0.5) is 0 Å². The number of benzene rings is 1. The monoisotopic (exact) mass is 270 g/mol. The highest BCUT2D eigenvalue weighted by atomic mass is 16.5. The molecule has 1 atom stereocenters. The number of hydrogen-bond donors (Lipinski definition) is 0. The fourth-order valence-corrected chi connectivity index (χ4v) is 3.03. The first-order chi connectivity index (χ1) is 9.64. The van der Waals surface area contributed by atoms with E-state index in [1.54, 1.807) is 7.11 Å². The third-order valence-electron chi connectivity index (χ3n) is 4.26. The minimum absolute atomic E-state index is 0.138. The lowest BCUT2D eigenvalue weighted by Gasteiger charge is -2.41. The van der Waals surface area contributed by atoms with E-state index in [1.807, 2.05) is 24.3 Å². The number of aldehydes is 1. The van der Waals surface area contributed by atoms with Gasteiger partial charge in [-0.2, -0.15) is 0 Å². The maximum atomic E-state index is 11.2. The number of rotatable bonds is 5. The Bertz CT molecular complexity index is 526. The predicted octanol–water partition coefficient (Wildman–Crippen LogP) is 3.89. The van der Waals surface area contributed by atoms with Crippen molar-refractivity contribution in [3.63, 3.8) is 0 Å². The molecule has 0 saturated carbocycles. The Morgan fingerprint density at radius 2 is 1.95 bits per heavy atom. The molecular weight excluding hydrogens is 248 g/mol. The molecule has 2 rings (SSSR count). The first kappa shape index (κ1) is 14.7. The van der Waals surface area contributed by atoms with Crippen molar-refractivity contribution < 1.29 is 9.53 Å². The zero-order valence-corrected chi connectivity index (χ0v) is 12.4. The van der Waals surface area contributed by atoms with Crippen LogP contribution in [-0.4, -0.2) is 20.0 Å². The van der Waals surface area contributed by atoms with Crippen LogP contribution in [0.3, 0.4) is 0 Å². The summed E-state index contributed by atoms with van der Waals surface area (Å²) in [5.74, 6) is 0.387. The zero-order chi connectivity index (χ0) is 14.6. The van der Waals surface area contributed by atoms with Crippen molar-refractivity contribution in [2.24, 2.45) is 11.3 Å². The van der Waals surface area contributed by atoms with Crippen molar-refractivity contribution in [1.29, 1.82) is 0 Å². The molecule has 0 N–H and O–H groups in total. The molecule has 106 valence electrons. The fraction of sp³-hybridized carbons (Fsp3) is 0.389. The quantitative estimate of drug-likeness (QED) is 0.759. The highest BCUT2D eigenvalue weighted by Crippen LogP contribution is 2.48. The fourth-order valence-electron chi connectivity index (χ4n) is 3.03. The van der Waals surface area contributed by atoms with Crippen LogP contribution in [0.15, 0.2) is 48.1 Å². The molecule has 2 heteroatoms. The molecule has 2 nitrogen and oxygen atoms in total. The van der Waals surface area contributed by atoms with Crippen LogP contribution < -0.4 is 0 Å². The topological polar surface area (TPSA) is 26.3 Å². The minimum Gasteiger partial charge on any atom is -0.384 e. The second-order valence-electron chi connectivity index (χ2n) is 5.73. The van der Waals surface area contributed by atoms with Gasteiger partial charge in [-0.3, -0.25) is 4.79 Å². The number of carbonyl (C=O) groups is 1. The summed E-state index contributed by atoms with van der Waals surface area (Å²) in [4.78, 5) is 11.2. The molecule has 0 aliphatic heterocycles. The van der Waals surface area contributed by atoms with Gasteiger partial charge >= 0.3 is 0 Å². The maximum absolute atomic E-state index is 11.2. The Balaban J connectivity index is 2.55. The number of carbonyl (C=O) groups excluding carboxylic acids is 1. The van der Waals surface area contributed by atoms with Crippen LogP contribution >= 0.6 is 0 Å². The van der Waals surface area contributed by atoms with Crippen molar-refractivity contribution in [3.8, 4) is 0 Å². The standard InChI is InChI=1S/C18H22O2/c1-14(2)18(13-20-3)11-15(12-19)9-10-17(18)16-7-5-4-6-8-16/h4-10,12,14H,11,13H2,1-3H3. The van der Waals surface area contributed by atoms with Gasteiger partial charge in [0.25, 0.3) is 0 Å². The van der Waals surface area contributed by atoms with Gasteiger partial charge in [0.1, 0.15) is 6.29 Å². The van der Waals surface area contributed by atoms with Gasteiger partial charge in [0.05, 0.1) is 6.61 Å². The van der Waals surface area contributed by atoms with Gasteiger partial charge in [-0.05, 0) is 29.0 Å². The third-order valence-corrected chi connectivity index (χ3v) is 4.26. The van der Waals surface area contributed by atoms with E-state index in [1.165, 1.54) is 11.1 Å². The van der Waals surface area contributed by atoms with Gasteiger partial charge in [-0.25, -0.2) is 0 Å². The largest absolute Gasteiger partial charge is 0.384 e. The molecule has 20 heavy (non-hydrogen) atoms.